The summed E-state index contributed by atoms with van der Waals surface area (Å²) in [6.07, 6.45) is 1.51. The maximum absolute atomic E-state index is 12.3. The molecule has 128 valence electrons. The Morgan fingerprint density at radius 2 is 2.00 bits per heavy atom. The second-order valence-electron chi connectivity index (χ2n) is 6.23. The first-order valence-corrected chi connectivity index (χ1v) is 8.35. The Balaban J connectivity index is 1.42. The van der Waals surface area contributed by atoms with Gasteiger partial charge in [0.2, 0.25) is 0 Å². The van der Waals surface area contributed by atoms with Gasteiger partial charge in [0, 0.05) is 0 Å². The van der Waals surface area contributed by atoms with E-state index < -0.39 is 0 Å². The van der Waals surface area contributed by atoms with Crippen LogP contribution in [0, 0.1) is 0 Å². The van der Waals surface area contributed by atoms with E-state index in [2.05, 4.69) is 9.97 Å². The molecule has 1 fully saturated rings. The number of amides is 1. The lowest BCUT2D eigenvalue weighted by atomic mass is 10.2. The first-order chi connectivity index (χ1) is 12.2. The maximum Gasteiger partial charge on any atom is 0.289 e. The number of carbonyl (C=O) groups excluding carboxylic acids is 1. The van der Waals surface area contributed by atoms with Crippen molar-refractivity contribution in [2.75, 3.05) is 26.2 Å². The fourth-order valence-electron chi connectivity index (χ4n) is 3.21. The quantitative estimate of drug-likeness (QED) is 0.707. The van der Waals surface area contributed by atoms with Crippen LogP contribution in [0.25, 0.3) is 10.9 Å². The Bertz CT molecular complexity index is 940. The van der Waals surface area contributed by atoms with E-state index in [0.717, 1.165) is 13.1 Å². The number of benzene rings is 1. The van der Waals surface area contributed by atoms with Crippen LogP contribution in [0.15, 0.2) is 51.9 Å². The summed E-state index contributed by atoms with van der Waals surface area (Å²) in [4.78, 5) is 34.9. The minimum Gasteiger partial charge on any atom is -0.459 e. The highest BCUT2D eigenvalue weighted by atomic mass is 16.3. The summed E-state index contributed by atoms with van der Waals surface area (Å²) in [6.45, 7) is 3.58. The van der Waals surface area contributed by atoms with E-state index in [1.54, 1.807) is 23.1 Å². The lowest BCUT2D eigenvalue weighted by Gasteiger charge is -2.31. The van der Waals surface area contributed by atoms with Gasteiger partial charge in [-0.25, -0.2) is 4.98 Å². The fraction of sp³-hybridized carbons (Fsp3) is 0.278. The van der Waals surface area contributed by atoms with Gasteiger partial charge in [-0.3, -0.25) is 9.59 Å². The molecule has 1 saturated heterocycles. The first kappa shape index (κ1) is 15.6. The normalized spacial score (nSPS) is 15.6. The monoisotopic (exact) mass is 339 g/mol. The number of nitrogens with zero attached hydrogens (tertiary/aromatic N) is 2. The lowest BCUT2D eigenvalue weighted by Crippen LogP contribution is -3.13. The third kappa shape index (κ3) is 3.18. The smallest absolute Gasteiger partial charge is 0.289 e. The number of hydrogen-bond acceptors (Lipinski definition) is 4. The molecule has 3 heterocycles. The van der Waals surface area contributed by atoms with Crippen LogP contribution in [0.2, 0.25) is 0 Å². The molecule has 4 rings (SSSR count). The van der Waals surface area contributed by atoms with Gasteiger partial charge >= 0.3 is 0 Å². The molecule has 1 aromatic carbocycles. The zero-order chi connectivity index (χ0) is 17.2. The summed E-state index contributed by atoms with van der Waals surface area (Å²) >= 11 is 0. The van der Waals surface area contributed by atoms with Crippen LogP contribution in [0.3, 0.4) is 0 Å². The van der Waals surface area contributed by atoms with Crippen LogP contribution < -0.4 is 10.5 Å². The van der Waals surface area contributed by atoms with Gasteiger partial charge in [0.1, 0.15) is 6.54 Å². The molecule has 0 radical (unpaired) electrons. The van der Waals surface area contributed by atoms with Crippen molar-refractivity contribution in [3.8, 4) is 0 Å². The molecule has 25 heavy (non-hydrogen) atoms. The van der Waals surface area contributed by atoms with Crippen LogP contribution in [0.4, 0.5) is 0 Å². The number of fused-ring (bicyclic) bond motifs is 1. The SMILES string of the molecule is O=C(c1ccco1)N1CC[NH+](Cc2nc3ccccc3c(=O)[nH]2)CC1. The van der Waals surface area contributed by atoms with E-state index in [-0.39, 0.29) is 11.5 Å². The van der Waals surface area contributed by atoms with Crippen molar-refractivity contribution in [2.24, 2.45) is 0 Å². The minimum atomic E-state index is -0.105. The zero-order valence-electron chi connectivity index (χ0n) is 13.7. The van der Waals surface area contributed by atoms with Gasteiger partial charge in [-0.1, -0.05) is 12.1 Å². The molecule has 0 atom stereocenters. The Hall–Kier alpha value is -2.93. The van der Waals surface area contributed by atoms with Crippen molar-refractivity contribution >= 4 is 16.8 Å². The molecular weight excluding hydrogens is 320 g/mol. The second kappa shape index (κ2) is 6.52. The van der Waals surface area contributed by atoms with Gasteiger partial charge in [-0.05, 0) is 24.3 Å². The van der Waals surface area contributed by atoms with Crippen LogP contribution in [-0.2, 0) is 6.54 Å². The number of rotatable bonds is 3. The van der Waals surface area contributed by atoms with Crippen LogP contribution in [0.5, 0.6) is 0 Å². The average Bonchev–Trinajstić information content (AvgIpc) is 3.16. The molecule has 7 nitrogen and oxygen atoms in total. The largest absolute Gasteiger partial charge is 0.459 e. The molecule has 1 aliphatic rings. The Labute approximate surface area is 143 Å². The number of piperazine rings is 1. The highest BCUT2D eigenvalue weighted by Gasteiger charge is 2.26. The standard InChI is InChI=1S/C18H18N4O3/c23-17-13-4-1-2-5-14(13)19-16(20-17)12-21-7-9-22(10-8-21)18(24)15-6-3-11-25-15/h1-6,11H,7-10,12H2,(H,19,20,23)/p+1. The van der Waals surface area contributed by atoms with Gasteiger partial charge < -0.3 is 19.2 Å². The van der Waals surface area contributed by atoms with Gasteiger partial charge in [0.15, 0.2) is 11.6 Å². The number of nitrogens with one attached hydrogen (secondary N) is 2. The van der Waals surface area contributed by atoms with Crippen LogP contribution >= 0.6 is 0 Å². The molecule has 1 aliphatic heterocycles. The highest BCUT2D eigenvalue weighted by Crippen LogP contribution is 2.07. The molecule has 0 saturated carbocycles. The number of para-hydroxylation sites is 1. The Morgan fingerprint density at radius 3 is 2.76 bits per heavy atom. The summed E-state index contributed by atoms with van der Waals surface area (Å²) in [7, 11) is 0. The summed E-state index contributed by atoms with van der Waals surface area (Å²) in [5, 5.41) is 0.607. The molecule has 1 amide bonds. The first-order valence-electron chi connectivity index (χ1n) is 8.35. The Kier molecular flexibility index (Phi) is 4.07. The summed E-state index contributed by atoms with van der Waals surface area (Å²) in [5.41, 5.74) is 0.610. The molecule has 0 unspecified atom stereocenters. The average molecular weight is 339 g/mol. The van der Waals surface area contributed by atoms with Gasteiger partial charge in [-0.15, -0.1) is 0 Å². The number of aromatic nitrogens is 2. The van der Waals surface area contributed by atoms with E-state index in [0.29, 0.717) is 42.1 Å². The third-order valence-electron chi connectivity index (χ3n) is 4.57. The lowest BCUT2D eigenvalue weighted by molar-refractivity contribution is -0.918. The van der Waals surface area contributed by atoms with Crippen LogP contribution in [0.1, 0.15) is 16.4 Å². The van der Waals surface area contributed by atoms with Crippen molar-refractivity contribution in [3.63, 3.8) is 0 Å². The van der Waals surface area contributed by atoms with Crippen molar-refractivity contribution in [3.05, 3.63) is 64.6 Å². The third-order valence-corrected chi connectivity index (χ3v) is 4.57. The molecule has 2 N–H and O–H groups in total. The van der Waals surface area contributed by atoms with Crippen LogP contribution in [-0.4, -0.2) is 47.0 Å². The number of carbonyl (C=O) groups is 1. The molecule has 0 spiro atoms. The summed E-state index contributed by atoms with van der Waals surface area (Å²) in [5.74, 6) is 0.995. The number of aromatic amines is 1. The van der Waals surface area contributed by atoms with E-state index in [1.165, 1.54) is 11.2 Å². The van der Waals surface area contributed by atoms with E-state index >= 15 is 0 Å². The zero-order valence-corrected chi connectivity index (χ0v) is 13.7. The molecule has 2 aromatic heterocycles. The topological polar surface area (TPSA) is 83.6 Å². The van der Waals surface area contributed by atoms with Crippen molar-refractivity contribution < 1.29 is 14.1 Å². The summed E-state index contributed by atoms with van der Waals surface area (Å²) in [6, 6.07) is 10.7. The highest BCUT2D eigenvalue weighted by molar-refractivity contribution is 5.91. The number of H-pyrrole nitrogens is 1. The molecular formula is C18H19N4O3+. The van der Waals surface area contributed by atoms with E-state index in [4.69, 9.17) is 4.42 Å². The predicted octanol–water partition coefficient (Wildman–Crippen LogP) is 0.0570. The fourth-order valence-corrected chi connectivity index (χ4v) is 3.21. The maximum atomic E-state index is 12.3. The van der Waals surface area contributed by atoms with Crippen molar-refractivity contribution in [2.45, 2.75) is 6.54 Å². The minimum absolute atomic E-state index is 0.0683. The number of hydrogen-bond donors (Lipinski definition) is 2. The summed E-state index contributed by atoms with van der Waals surface area (Å²) < 4.78 is 5.18. The Morgan fingerprint density at radius 1 is 1.20 bits per heavy atom. The van der Waals surface area contributed by atoms with E-state index in [9.17, 15) is 9.59 Å². The molecule has 0 aliphatic carbocycles. The predicted molar refractivity (Wildman–Crippen MR) is 91.4 cm³/mol. The van der Waals surface area contributed by atoms with Crippen molar-refractivity contribution in [1.29, 1.82) is 0 Å². The second-order valence-corrected chi connectivity index (χ2v) is 6.23. The van der Waals surface area contributed by atoms with Gasteiger partial charge in [0.05, 0.1) is 43.3 Å². The van der Waals surface area contributed by atoms with Gasteiger partial charge in [-0.2, -0.15) is 0 Å². The van der Waals surface area contributed by atoms with Crippen molar-refractivity contribution in [1.82, 2.24) is 14.9 Å². The van der Waals surface area contributed by atoms with E-state index in [1.807, 2.05) is 18.2 Å². The van der Waals surface area contributed by atoms with Gasteiger partial charge in [0.25, 0.3) is 11.5 Å². The number of quaternary nitrogens is 1. The molecule has 0 bridgehead atoms. The molecule has 7 heteroatoms. The number of furan rings is 1. The molecule has 3 aromatic rings.